The van der Waals surface area contributed by atoms with Gasteiger partial charge in [-0.3, -0.25) is 0 Å². The van der Waals surface area contributed by atoms with Gasteiger partial charge in [0.15, 0.2) is 0 Å². The summed E-state index contributed by atoms with van der Waals surface area (Å²) in [5, 5.41) is 2.18. The molecule has 2 aromatic carbocycles. The maximum atomic E-state index is 5.32. The van der Waals surface area contributed by atoms with Crippen molar-refractivity contribution in [3.63, 3.8) is 0 Å². The average Bonchev–Trinajstić information content (AvgIpc) is 2.18. The van der Waals surface area contributed by atoms with Crippen LogP contribution in [-0.4, -0.2) is 4.38 Å². The lowest BCUT2D eigenvalue weighted by Crippen LogP contribution is -1.96. The third-order valence-electron chi connectivity index (χ3n) is 1.95. The van der Waals surface area contributed by atoms with E-state index in [1.165, 1.54) is 0 Å². The summed E-state index contributed by atoms with van der Waals surface area (Å²) < 4.78 is 5.56. The molecule has 2 aromatic rings. The second kappa shape index (κ2) is 3.98. The summed E-state index contributed by atoms with van der Waals surface area (Å²) in [5.41, 5.74) is 0. The highest BCUT2D eigenvalue weighted by Crippen LogP contribution is 2.25. The van der Waals surface area contributed by atoms with Crippen LogP contribution in [0.1, 0.15) is 0 Å². The molecule has 0 aliphatic rings. The predicted octanol–water partition coefficient (Wildman–Crippen LogP) is 3.43. The van der Waals surface area contributed by atoms with Gasteiger partial charge < -0.3 is 4.74 Å². The second-order valence-electron chi connectivity index (χ2n) is 2.85. The van der Waals surface area contributed by atoms with Gasteiger partial charge in [-0.05, 0) is 23.7 Å². The van der Waals surface area contributed by atoms with Crippen LogP contribution in [0.2, 0.25) is 0 Å². The standard InChI is InChI=1S/C11H8OS2/c13-11(14)12-10-7-3-5-8-4-1-2-6-9(8)10/h1-7H,(H,13,14). The van der Waals surface area contributed by atoms with Gasteiger partial charge in [0.05, 0.1) is 0 Å². The quantitative estimate of drug-likeness (QED) is 0.582. The van der Waals surface area contributed by atoms with Crippen LogP contribution in [0, 0.1) is 0 Å². The molecule has 3 heteroatoms. The van der Waals surface area contributed by atoms with E-state index in [1.807, 2.05) is 42.5 Å². The van der Waals surface area contributed by atoms with Crippen LogP contribution in [0.4, 0.5) is 0 Å². The van der Waals surface area contributed by atoms with Gasteiger partial charge in [-0.25, -0.2) is 0 Å². The Bertz CT molecular complexity index is 474. The van der Waals surface area contributed by atoms with Gasteiger partial charge in [0.1, 0.15) is 5.75 Å². The minimum absolute atomic E-state index is 0.237. The molecule has 0 radical (unpaired) electrons. The minimum atomic E-state index is 0.237. The summed E-state index contributed by atoms with van der Waals surface area (Å²) in [6.07, 6.45) is 0. The Labute approximate surface area is 93.1 Å². The second-order valence-corrected chi connectivity index (χ2v) is 3.92. The number of hydrogen-bond acceptors (Lipinski definition) is 2. The molecule has 0 N–H and O–H groups in total. The monoisotopic (exact) mass is 220 g/mol. The number of thiol groups is 1. The highest BCUT2D eigenvalue weighted by atomic mass is 32.1. The Morgan fingerprint density at radius 2 is 1.79 bits per heavy atom. The summed E-state index contributed by atoms with van der Waals surface area (Å²) in [6, 6.07) is 13.8. The fraction of sp³-hybridized carbons (Fsp3) is 0. The summed E-state index contributed by atoms with van der Waals surface area (Å²) in [7, 11) is 0. The third kappa shape index (κ3) is 1.89. The maximum absolute atomic E-state index is 5.32. The summed E-state index contributed by atoms with van der Waals surface area (Å²) >= 11 is 8.73. The van der Waals surface area contributed by atoms with Crippen molar-refractivity contribution in [1.82, 2.24) is 0 Å². The highest BCUT2D eigenvalue weighted by Gasteiger charge is 2.01. The van der Waals surface area contributed by atoms with E-state index in [0.717, 1.165) is 16.5 Å². The molecule has 0 saturated carbocycles. The Hall–Kier alpha value is -1.06. The van der Waals surface area contributed by atoms with Crippen molar-refractivity contribution in [3.8, 4) is 5.75 Å². The van der Waals surface area contributed by atoms with Gasteiger partial charge in [-0.1, -0.05) is 49.0 Å². The number of fused-ring (bicyclic) bond motifs is 1. The Morgan fingerprint density at radius 3 is 2.57 bits per heavy atom. The predicted molar refractivity (Wildman–Crippen MR) is 66.2 cm³/mol. The van der Waals surface area contributed by atoms with E-state index < -0.39 is 0 Å². The van der Waals surface area contributed by atoms with Crippen molar-refractivity contribution in [2.24, 2.45) is 0 Å². The molecule has 0 amide bonds. The first kappa shape index (κ1) is 9.49. The van der Waals surface area contributed by atoms with Gasteiger partial charge in [-0.2, -0.15) is 0 Å². The maximum Gasteiger partial charge on any atom is 0.222 e. The van der Waals surface area contributed by atoms with E-state index >= 15 is 0 Å². The van der Waals surface area contributed by atoms with Gasteiger partial charge in [0.25, 0.3) is 0 Å². The van der Waals surface area contributed by atoms with Crippen LogP contribution < -0.4 is 4.74 Å². The molecule has 2 rings (SSSR count). The molecule has 14 heavy (non-hydrogen) atoms. The first-order chi connectivity index (χ1) is 6.77. The van der Waals surface area contributed by atoms with E-state index in [2.05, 4.69) is 12.6 Å². The zero-order valence-corrected chi connectivity index (χ0v) is 9.02. The van der Waals surface area contributed by atoms with Gasteiger partial charge in [0.2, 0.25) is 4.38 Å². The van der Waals surface area contributed by atoms with Crippen molar-refractivity contribution >= 4 is 40.0 Å². The van der Waals surface area contributed by atoms with Crippen LogP contribution in [0.15, 0.2) is 42.5 Å². The molecule has 0 fully saturated rings. The lowest BCUT2D eigenvalue weighted by molar-refractivity contribution is 0.587. The fourth-order valence-electron chi connectivity index (χ4n) is 1.38. The van der Waals surface area contributed by atoms with Crippen LogP contribution in [0.5, 0.6) is 5.75 Å². The van der Waals surface area contributed by atoms with E-state index in [0.29, 0.717) is 0 Å². The molecule has 0 aromatic heterocycles. The summed E-state index contributed by atoms with van der Waals surface area (Å²) in [6.45, 7) is 0. The first-order valence-electron chi connectivity index (χ1n) is 4.16. The van der Waals surface area contributed by atoms with Gasteiger partial charge in [0, 0.05) is 5.39 Å². The minimum Gasteiger partial charge on any atom is -0.439 e. The zero-order chi connectivity index (χ0) is 9.97. The molecule has 70 valence electrons. The Kier molecular flexibility index (Phi) is 2.70. The average molecular weight is 220 g/mol. The molecule has 0 aliphatic carbocycles. The van der Waals surface area contributed by atoms with Crippen LogP contribution in [0.3, 0.4) is 0 Å². The fourth-order valence-corrected chi connectivity index (χ4v) is 1.57. The largest absolute Gasteiger partial charge is 0.439 e. The zero-order valence-electron chi connectivity index (χ0n) is 7.31. The van der Waals surface area contributed by atoms with E-state index in [1.54, 1.807) is 0 Å². The third-order valence-corrected chi connectivity index (χ3v) is 2.12. The highest BCUT2D eigenvalue weighted by molar-refractivity contribution is 8.10. The molecule has 0 aliphatic heterocycles. The topological polar surface area (TPSA) is 9.23 Å². The number of thiocarbonyl (C=S) groups is 1. The SMILES string of the molecule is S=C(S)Oc1cccc2ccccc12. The van der Waals surface area contributed by atoms with E-state index in [4.69, 9.17) is 17.0 Å². The van der Waals surface area contributed by atoms with Crippen LogP contribution in [-0.2, 0) is 0 Å². The van der Waals surface area contributed by atoms with Crippen molar-refractivity contribution in [2.75, 3.05) is 0 Å². The lowest BCUT2D eigenvalue weighted by Gasteiger charge is -2.05. The van der Waals surface area contributed by atoms with Crippen molar-refractivity contribution in [2.45, 2.75) is 0 Å². The van der Waals surface area contributed by atoms with E-state index in [-0.39, 0.29) is 4.38 Å². The van der Waals surface area contributed by atoms with E-state index in [9.17, 15) is 0 Å². The molecule has 1 nitrogen and oxygen atoms in total. The Morgan fingerprint density at radius 1 is 1.07 bits per heavy atom. The summed E-state index contributed by atoms with van der Waals surface area (Å²) in [4.78, 5) is 0. The number of hydrogen-bond donors (Lipinski definition) is 1. The van der Waals surface area contributed by atoms with Gasteiger partial charge in [-0.15, -0.1) is 0 Å². The Balaban J connectivity index is 2.59. The van der Waals surface area contributed by atoms with Crippen molar-refractivity contribution < 1.29 is 4.74 Å². The molecule has 0 spiro atoms. The van der Waals surface area contributed by atoms with Gasteiger partial charge >= 0.3 is 0 Å². The molecular formula is C11H8OS2. The smallest absolute Gasteiger partial charge is 0.222 e. The van der Waals surface area contributed by atoms with Crippen molar-refractivity contribution in [1.29, 1.82) is 0 Å². The molecule has 0 saturated heterocycles. The number of rotatable bonds is 1. The summed E-state index contributed by atoms with van der Waals surface area (Å²) in [5.74, 6) is 0.753. The van der Waals surface area contributed by atoms with Crippen LogP contribution in [0.25, 0.3) is 10.8 Å². The number of benzene rings is 2. The lowest BCUT2D eigenvalue weighted by atomic mass is 10.1. The molecule has 0 heterocycles. The number of ether oxygens (including phenoxy) is 1. The molecule has 0 atom stereocenters. The first-order valence-corrected chi connectivity index (χ1v) is 5.01. The molecule has 0 bridgehead atoms. The molecular weight excluding hydrogens is 212 g/mol. The normalized spacial score (nSPS) is 10.1. The van der Waals surface area contributed by atoms with Crippen LogP contribution >= 0.6 is 24.8 Å². The van der Waals surface area contributed by atoms with Crippen molar-refractivity contribution in [3.05, 3.63) is 42.5 Å². The molecule has 0 unspecified atom stereocenters.